The number of fused-ring (bicyclic) bond motifs is 2. The Morgan fingerprint density at radius 3 is 2.82 bits per heavy atom. The highest BCUT2D eigenvalue weighted by Gasteiger charge is 2.29. The number of amides is 1. The lowest BCUT2D eigenvalue weighted by Gasteiger charge is -2.32. The molecule has 13 heteroatoms. The number of aromatic nitrogens is 5. The predicted molar refractivity (Wildman–Crippen MR) is 124 cm³/mol. The number of nitrogens with one attached hydrogen (secondary N) is 1. The molecule has 1 amide bonds. The third-order valence-corrected chi connectivity index (χ3v) is 7.67. The fourth-order valence-corrected chi connectivity index (χ4v) is 5.56. The maximum atomic E-state index is 13.2. The Hall–Kier alpha value is -3.38. The van der Waals surface area contributed by atoms with Gasteiger partial charge in [-0.25, -0.2) is 22.9 Å². The summed E-state index contributed by atoms with van der Waals surface area (Å²) in [5, 5.41) is 7.57. The topological polar surface area (TPSA) is 140 Å². The van der Waals surface area contributed by atoms with E-state index < -0.39 is 21.8 Å². The standard InChI is InChI=1S/C20H21ClN8O3S/c1-12(25-19(30)16-17(22)26-29-4-2-3-24-18(16)29)13-9-14(21)15-10-23-11-28(15)20(13)27-5-7-33(31,32)8-6-27/h2-4,9-12H,5-8H2,1H3,(H2,22,26)(H,25,30)/t12-/m1/s1. The van der Waals surface area contributed by atoms with Gasteiger partial charge in [0.1, 0.15) is 17.7 Å². The number of nitrogen functional groups attached to an aromatic ring is 1. The van der Waals surface area contributed by atoms with Crippen molar-refractivity contribution < 1.29 is 13.2 Å². The second-order valence-corrected chi connectivity index (χ2v) is 10.6. The lowest BCUT2D eigenvalue weighted by Crippen LogP contribution is -2.42. The molecular weight excluding hydrogens is 468 g/mol. The number of nitrogens with two attached hydrogens (primary N) is 1. The average molecular weight is 489 g/mol. The third-order valence-electron chi connectivity index (χ3n) is 5.76. The fraction of sp³-hybridized carbons (Fsp3) is 0.300. The zero-order valence-electron chi connectivity index (χ0n) is 17.6. The number of nitrogens with zero attached hydrogens (tertiary/aromatic N) is 6. The molecule has 172 valence electrons. The van der Waals surface area contributed by atoms with Crippen LogP contribution in [0.4, 0.5) is 11.6 Å². The van der Waals surface area contributed by atoms with E-state index in [1.54, 1.807) is 37.1 Å². The summed E-state index contributed by atoms with van der Waals surface area (Å²) in [7, 11) is -3.07. The van der Waals surface area contributed by atoms with Crippen molar-refractivity contribution in [3.8, 4) is 0 Å². The lowest BCUT2D eigenvalue weighted by atomic mass is 10.1. The van der Waals surface area contributed by atoms with Crippen LogP contribution < -0.4 is 16.0 Å². The van der Waals surface area contributed by atoms with Gasteiger partial charge >= 0.3 is 0 Å². The molecule has 0 aromatic carbocycles. The Labute approximate surface area is 194 Å². The van der Waals surface area contributed by atoms with Crippen molar-refractivity contribution in [2.24, 2.45) is 0 Å². The quantitative estimate of drug-likeness (QED) is 0.438. The highest BCUT2D eigenvalue weighted by atomic mass is 35.5. The van der Waals surface area contributed by atoms with Crippen LogP contribution in [0.2, 0.25) is 5.02 Å². The second kappa shape index (κ2) is 7.89. The number of rotatable bonds is 4. The van der Waals surface area contributed by atoms with E-state index in [0.29, 0.717) is 29.3 Å². The van der Waals surface area contributed by atoms with Gasteiger partial charge in [-0.2, -0.15) is 0 Å². The summed E-state index contributed by atoms with van der Waals surface area (Å²) in [6.45, 7) is 2.48. The van der Waals surface area contributed by atoms with Gasteiger partial charge < -0.3 is 16.0 Å². The minimum atomic E-state index is -3.07. The van der Waals surface area contributed by atoms with Gasteiger partial charge in [-0.3, -0.25) is 9.20 Å². The summed E-state index contributed by atoms with van der Waals surface area (Å²) in [6, 6.07) is 2.98. The summed E-state index contributed by atoms with van der Waals surface area (Å²) < 4.78 is 27.2. The summed E-state index contributed by atoms with van der Waals surface area (Å²) in [4.78, 5) is 23.6. The van der Waals surface area contributed by atoms with Gasteiger partial charge in [0.2, 0.25) is 0 Å². The summed E-state index contributed by atoms with van der Waals surface area (Å²) >= 11 is 6.51. The monoisotopic (exact) mass is 488 g/mol. The summed E-state index contributed by atoms with van der Waals surface area (Å²) in [6.07, 6.45) is 6.50. The molecule has 0 saturated carbocycles. The van der Waals surface area contributed by atoms with E-state index in [1.807, 2.05) is 16.2 Å². The number of halogens is 1. The van der Waals surface area contributed by atoms with E-state index in [0.717, 1.165) is 11.4 Å². The normalized spacial score (nSPS) is 16.8. The van der Waals surface area contributed by atoms with Crippen molar-refractivity contribution in [2.75, 3.05) is 35.2 Å². The molecule has 0 spiro atoms. The first-order chi connectivity index (χ1) is 15.7. The smallest absolute Gasteiger partial charge is 0.259 e. The molecule has 0 aliphatic carbocycles. The maximum absolute atomic E-state index is 13.2. The van der Waals surface area contributed by atoms with Crippen LogP contribution in [0.3, 0.4) is 0 Å². The van der Waals surface area contributed by atoms with Crippen molar-refractivity contribution in [2.45, 2.75) is 13.0 Å². The molecule has 1 saturated heterocycles. The minimum Gasteiger partial charge on any atom is -0.381 e. The van der Waals surface area contributed by atoms with E-state index in [9.17, 15) is 13.2 Å². The van der Waals surface area contributed by atoms with E-state index >= 15 is 0 Å². The first-order valence-electron chi connectivity index (χ1n) is 10.2. The Morgan fingerprint density at radius 1 is 1.30 bits per heavy atom. The van der Waals surface area contributed by atoms with Crippen molar-refractivity contribution in [3.05, 3.63) is 53.2 Å². The van der Waals surface area contributed by atoms with E-state index in [-0.39, 0.29) is 22.9 Å². The Bertz CT molecular complexity index is 1480. The van der Waals surface area contributed by atoms with Gasteiger partial charge in [0.15, 0.2) is 21.3 Å². The summed E-state index contributed by atoms with van der Waals surface area (Å²) in [5.74, 6) is 0.485. The largest absolute Gasteiger partial charge is 0.381 e. The molecule has 0 radical (unpaired) electrons. The molecule has 1 fully saturated rings. The first kappa shape index (κ1) is 21.5. The van der Waals surface area contributed by atoms with E-state index in [4.69, 9.17) is 17.3 Å². The van der Waals surface area contributed by atoms with Gasteiger partial charge in [-0.05, 0) is 19.1 Å². The highest BCUT2D eigenvalue weighted by molar-refractivity contribution is 7.91. The van der Waals surface area contributed by atoms with Crippen LogP contribution in [0.15, 0.2) is 37.1 Å². The fourth-order valence-electron chi connectivity index (χ4n) is 4.10. The third kappa shape index (κ3) is 3.74. The number of carbonyl (C=O) groups is 1. The van der Waals surface area contributed by atoms with Crippen LogP contribution in [-0.2, 0) is 9.84 Å². The molecule has 1 aliphatic heterocycles. The molecular formula is C20H21ClN8O3S. The molecule has 0 bridgehead atoms. The number of pyridine rings is 1. The number of hydrogen-bond donors (Lipinski definition) is 2. The molecule has 11 nitrogen and oxygen atoms in total. The molecule has 1 atom stereocenters. The van der Waals surface area contributed by atoms with Crippen molar-refractivity contribution >= 4 is 50.1 Å². The molecule has 0 unspecified atom stereocenters. The number of anilines is 2. The van der Waals surface area contributed by atoms with Crippen LogP contribution >= 0.6 is 11.6 Å². The zero-order valence-corrected chi connectivity index (χ0v) is 19.2. The first-order valence-corrected chi connectivity index (χ1v) is 12.4. The Morgan fingerprint density at radius 2 is 2.06 bits per heavy atom. The van der Waals surface area contributed by atoms with Crippen LogP contribution in [0.5, 0.6) is 0 Å². The molecule has 33 heavy (non-hydrogen) atoms. The van der Waals surface area contributed by atoms with Gasteiger partial charge in [-0.15, -0.1) is 5.10 Å². The molecule has 3 N–H and O–H groups in total. The van der Waals surface area contributed by atoms with Gasteiger partial charge in [-0.1, -0.05) is 11.6 Å². The van der Waals surface area contributed by atoms with Crippen molar-refractivity contribution in [1.82, 2.24) is 29.3 Å². The maximum Gasteiger partial charge on any atom is 0.259 e. The highest BCUT2D eigenvalue weighted by Crippen LogP contribution is 2.33. The molecule has 1 aliphatic rings. The van der Waals surface area contributed by atoms with Gasteiger partial charge in [0.05, 0.1) is 34.3 Å². The van der Waals surface area contributed by atoms with E-state index in [1.165, 1.54) is 4.52 Å². The predicted octanol–water partition coefficient (Wildman–Crippen LogP) is 1.34. The second-order valence-electron chi connectivity index (χ2n) is 7.90. The van der Waals surface area contributed by atoms with Gasteiger partial charge in [0, 0.05) is 31.0 Å². The molecule has 5 rings (SSSR count). The summed E-state index contributed by atoms with van der Waals surface area (Å²) in [5.41, 5.74) is 7.94. The van der Waals surface area contributed by atoms with Crippen LogP contribution in [0.25, 0.3) is 11.2 Å². The molecule has 4 aromatic heterocycles. The Kier molecular flexibility index (Phi) is 5.13. The number of sulfone groups is 1. The lowest BCUT2D eigenvalue weighted by molar-refractivity contribution is 0.0942. The Balaban J connectivity index is 1.53. The average Bonchev–Trinajstić information content (AvgIpc) is 3.38. The SMILES string of the molecule is C[C@@H](NC(=O)c1c(N)nn2cccnc12)c1cc(Cl)c2cncn2c1N1CCS(=O)(=O)CC1. The minimum absolute atomic E-state index is 0.0522. The van der Waals surface area contributed by atoms with Crippen LogP contribution in [-0.4, -0.2) is 62.9 Å². The number of imidazole rings is 1. The van der Waals surface area contributed by atoms with Crippen molar-refractivity contribution in [3.63, 3.8) is 0 Å². The molecule has 5 heterocycles. The van der Waals surface area contributed by atoms with Gasteiger partial charge in [0.25, 0.3) is 5.91 Å². The number of carbonyl (C=O) groups excluding carboxylic acids is 1. The van der Waals surface area contributed by atoms with E-state index in [2.05, 4.69) is 20.4 Å². The van der Waals surface area contributed by atoms with Crippen LogP contribution in [0.1, 0.15) is 28.9 Å². The van der Waals surface area contributed by atoms with Crippen molar-refractivity contribution in [1.29, 1.82) is 0 Å². The van der Waals surface area contributed by atoms with Crippen LogP contribution in [0, 0.1) is 0 Å². The number of hydrogen-bond acceptors (Lipinski definition) is 8. The molecule has 4 aromatic rings. The zero-order chi connectivity index (χ0) is 23.3.